The Bertz CT molecular complexity index is 278. The van der Waals surface area contributed by atoms with Crippen molar-refractivity contribution < 1.29 is 4.21 Å². The van der Waals surface area contributed by atoms with Gasteiger partial charge in [-0.2, -0.15) is 0 Å². The zero-order chi connectivity index (χ0) is 17.2. The van der Waals surface area contributed by atoms with Gasteiger partial charge in [0.25, 0.3) is 0 Å². The molecule has 0 rings (SSSR count). The first-order valence-electron chi connectivity index (χ1n) is 7.47. The van der Waals surface area contributed by atoms with E-state index in [2.05, 4.69) is 53.5 Å². The maximum Gasteiger partial charge on any atom is 0.0380 e. The molecule has 124 valence electrons. The Morgan fingerprint density at radius 3 is 0.800 bits per heavy atom. The summed E-state index contributed by atoms with van der Waals surface area (Å²) in [6, 6.07) is 0. The largest absolute Gasteiger partial charge is 0.297 e. The van der Waals surface area contributed by atoms with Crippen LogP contribution < -0.4 is 0 Å². The number of hydrogen-bond donors (Lipinski definition) is 0. The van der Waals surface area contributed by atoms with E-state index < -0.39 is 10.8 Å². The molecular formula is C17H39NOS. The normalized spacial score (nSPS) is 14.3. The predicted octanol–water partition coefficient (Wildman–Crippen LogP) is 4.85. The van der Waals surface area contributed by atoms with Gasteiger partial charge in [-0.15, -0.1) is 0 Å². The van der Waals surface area contributed by atoms with Crippen LogP contribution in [0, 0.1) is 0 Å². The second kappa shape index (κ2) is 6.91. The van der Waals surface area contributed by atoms with Crippen molar-refractivity contribution in [3.05, 3.63) is 0 Å². The zero-order valence-electron chi connectivity index (χ0n) is 16.3. The fraction of sp³-hybridized carbons (Fsp3) is 1.00. The van der Waals surface area contributed by atoms with Crippen LogP contribution in [0.2, 0.25) is 0 Å². The standard InChI is InChI=1S/C9H21N.C8H18OS/c1-8(2,3)10(7)9(4,5)6;1-7(2,3)10(9)8(4,5)6/h1-7H3;1-6H3. The van der Waals surface area contributed by atoms with Gasteiger partial charge in [0.2, 0.25) is 0 Å². The lowest BCUT2D eigenvalue weighted by atomic mass is 9.98. The maximum atomic E-state index is 11.6. The van der Waals surface area contributed by atoms with Crippen molar-refractivity contribution >= 4 is 10.8 Å². The molecule has 3 heteroatoms. The summed E-state index contributed by atoms with van der Waals surface area (Å²) in [5.74, 6) is 0. The fourth-order valence-corrected chi connectivity index (χ4v) is 3.76. The van der Waals surface area contributed by atoms with E-state index in [1.165, 1.54) is 0 Å². The van der Waals surface area contributed by atoms with Gasteiger partial charge < -0.3 is 0 Å². The molecule has 0 amide bonds. The van der Waals surface area contributed by atoms with Crippen LogP contribution >= 0.6 is 0 Å². The Labute approximate surface area is 131 Å². The Balaban J connectivity index is 0. The summed E-state index contributed by atoms with van der Waals surface area (Å²) in [5, 5.41) is 0. The lowest BCUT2D eigenvalue weighted by Gasteiger charge is -2.42. The highest BCUT2D eigenvalue weighted by molar-refractivity contribution is 7.87. The molecule has 0 aliphatic heterocycles. The third-order valence-corrected chi connectivity index (χ3v) is 5.35. The van der Waals surface area contributed by atoms with Crippen LogP contribution in [0.4, 0.5) is 0 Å². The topological polar surface area (TPSA) is 20.3 Å². The summed E-state index contributed by atoms with van der Waals surface area (Å²) in [5.41, 5.74) is 0.552. The molecule has 2 nitrogen and oxygen atoms in total. The lowest BCUT2D eigenvalue weighted by Crippen LogP contribution is -2.49. The first kappa shape index (κ1) is 22.4. The zero-order valence-corrected chi connectivity index (χ0v) is 17.1. The highest BCUT2D eigenvalue weighted by Crippen LogP contribution is 2.23. The first-order chi connectivity index (χ1) is 8.31. The van der Waals surface area contributed by atoms with Gasteiger partial charge in [0, 0.05) is 31.4 Å². The van der Waals surface area contributed by atoms with Gasteiger partial charge in [-0.1, -0.05) is 0 Å². The lowest BCUT2D eigenvalue weighted by molar-refractivity contribution is 0.0700. The van der Waals surface area contributed by atoms with E-state index in [9.17, 15) is 4.21 Å². The van der Waals surface area contributed by atoms with Gasteiger partial charge in [-0.3, -0.25) is 9.11 Å². The quantitative estimate of drug-likeness (QED) is 0.638. The average molecular weight is 306 g/mol. The number of hydrogen-bond acceptors (Lipinski definition) is 2. The molecule has 0 N–H and O–H groups in total. The SMILES string of the molecule is CC(C)(C)S(=O)C(C)(C)C.CN(C(C)(C)C)C(C)(C)C. The van der Waals surface area contributed by atoms with Crippen LogP contribution in [-0.4, -0.2) is 36.7 Å². The molecule has 0 aromatic carbocycles. The van der Waals surface area contributed by atoms with Crippen molar-refractivity contribution in [3.63, 3.8) is 0 Å². The highest BCUT2D eigenvalue weighted by Gasteiger charge is 2.30. The van der Waals surface area contributed by atoms with Crippen molar-refractivity contribution in [2.24, 2.45) is 0 Å². The van der Waals surface area contributed by atoms with Crippen molar-refractivity contribution in [2.75, 3.05) is 7.05 Å². The van der Waals surface area contributed by atoms with Crippen LogP contribution in [0.5, 0.6) is 0 Å². The van der Waals surface area contributed by atoms with Gasteiger partial charge in [-0.25, -0.2) is 0 Å². The van der Waals surface area contributed by atoms with Gasteiger partial charge in [-0.05, 0) is 90.1 Å². The summed E-state index contributed by atoms with van der Waals surface area (Å²) in [6.45, 7) is 25.5. The van der Waals surface area contributed by atoms with E-state index in [1.54, 1.807) is 0 Å². The van der Waals surface area contributed by atoms with Crippen LogP contribution in [-0.2, 0) is 10.8 Å². The monoisotopic (exact) mass is 305 g/mol. The number of nitrogens with zero attached hydrogens (tertiary/aromatic N) is 1. The molecule has 0 radical (unpaired) electrons. The minimum Gasteiger partial charge on any atom is -0.297 e. The molecule has 20 heavy (non-hydrogen) atoms. The third-order valence-electron chi connectivity index (χ3n) is 3.12. The van der Waals surface area contributed by atoms with Gasteiger partial charge in [0.05, 0.1) is 0 Å². The smallest absolute Gasteiger partial charge is 0.0380 e. The van der Waals surface area contributed by atoms with Crippen LogP contribution in [0.15, 0.2) is 0 Å². The van der Waals surface area contributed by atoms with E-state index in [0.29, 0.717) is 0 Å². The van der Waals surface area contributed by atoms with Crippen molar-refractivity contribution in [3.8, 4) is 0 Å². The summed E-state index contributed by atoms with van der Waals surface area (Å²) in [6.07, 6.45) is 0. The molecule has 0 aromatic rings. The molecule has 0 bridgehead atoms. The van der Waals surface area contributed by atoms with Crippen LogP contribution in [0.3, 0.4) is 0 Å². The molecule has 0 saturated carbocycles. The van der Waals surface area contributed by atoms with E-state index in [1.807, 2.05) is 41.5 Å². The number of rotatable bonds is 0. The second-order valence-electron chi connectivity index (χ2n) is 9.39. The minimum atomic E-state index is -0.755. The highest BCUT2D eigenvalue weighted by atomic mass is 32.2. The van der Waals surface area contributed by atoms with E-state index in [0.717, 1.165) is 0 Å². The molecule has 0 fully saturated rings. The molecule has 0 heterocycles. The molecular weight excluding hydrogens is 266 g/mol. The van der Waals surface area contributed by atoms with Crippen LogP contribution in [0.1, 0.15) is 83.1 Å². The molecule has 0 aromatic heterocycles. The van der Waals surface area contributed by atoms with E-state index in [-0.39, 0.29) is 20.6 Å². The Hall–Kier alpha value is 0.110. The Kier molecular flexibility index (Phi) is 7.74. The summed E-state index contributed by atoms with van der Waals surface area (Å²) >= 11 is 0. The second-order valence-corrected chi connectivity index (χ2v) is 12.4. The Morgan fingerprint density at radius 1 is 0.600 bits per heavy atom. The molecule has 0 spiro atoms. The molecule has 0 aliphatic carbocycles. The summed E-state index contributed by atoms with van der Waals surface area (Å²) in [4.78, 5) is 2.38. The molecule has 0 aliphatic rings. The van der Waals surface area contributed by atoms with Crippen molar-refractivity contribution in [1.29, 1.82) is 0 Å². The van der Waals surface area contributed by atoms with Gasteiger partial charge in [0.1, 0.15) is 0 Å². The summed E-state index contributed by atoms with van der Waals surface area (Å²) < 4.78 is 11.4. The van der Waals surface area contributed by atoms with Gasteiger partial charge in [0.15, 0.2) is 0 Å². The molecule has 0 atom stereocenters. The van der Waals surface area contributed by atoms with Crippen molar-refractivity contribution in [1.82, 2.24) is 4.90 Å². The Morgan fingerprint density at radius 2 is 0.800 bits per heavy atom. The average Bonchev–Trinajstić information content (AvgIpc) is 2.10. The molecule has 0 saturated heterocycles. The predicted molar refractivity (Wildman–Crippen MR) is 94.9 cm³/mol. The third kappa shape index (κ3) is 9.12. The first-order valence-corrected chi connectivity index (χ1v) is 8.62. The van der Waals surface area contributed by atoms with E-state index in [4.69, 9.17) is 0 Å². The molecule has 0 unspecified atom stereocenters. The maximum absolute atomic E-state index is 11.6. The van der Waals surface area contributed by atoms with E-state index >= 15 is 0 Å². The van der Waals surface area contributed by atoms with Crippen LogP contribution in [0.25, 0.3) is 0 Å². The summed E-state index contributed by atoms with van der Waals surface area (Å²) in [7, 11) is 1.41. The minimum absolute atomic E-state index is 0.0851. The van der Waals surface area contributed by atoms with Gasteiger partial charge >= 0.3 is 0 Å². The fourth-order valence-electron chi connectivity index (χ4n) is 1.92. The van der Waals surface area contributed by atoms with Crippen molar-refractivity contribution in [2.45, 2.75) is 104 Å².